The van der Waals surface area contributed by atoms with Crippen LogP contribution in [0, 0.1) is 0 Å². The molecule has 0 aliphatic carbocycles. The molecule has 162 valence electrons. The highest BCUT2D eigenvalue weighted by Gasteiger charge is 2.31. The minimum Gasteiger partial charge on any atom is -0.478 e. The quantitative estimate of drug-likeness (QED) is 0.395. The molecule has 0 spiro atoms. The summed E-state index contributed by atoms with van der Waals surface area (Å²) in [5, 5.41) is 9.46. The largest absolute Gasteiger partial charge is 0.573 e. The predicted molar refractivity (Wildman–Crippen MR) is 113 cm³/mol. The highest BCUT2D eigenvalue weighted by Crippen LogP contribution is 2.30. The number of carbonyl (C=O) groups is 2. The van der Waals surface area contributed by atoms with E-state index in [0.29, 0.717) is 11.3 Å². The number of fused-ring (bicyclic) bond motifs is 1. The molecule has 0 amide bonds. The Morgan fingerprint density at radius 1 is 0.906 bits per heavy atom. The van der Waals surface area contributed by atoms with E-state index in [-0.39, 0.29) is 16.5 Å². The van der Waals surface area contributed by atoms with Gasteiger partial charge in [0.15, 0.2) is 0 Å². The van der Waals surface area contributed by atoms with Crippen LogP contribution >= 0.6 is 0 Å². The summed E-state index contributed by atoms with van der Waals surface area (Å²) in [5.74, 6) is -1.75. The van der Waals surface area contributed by atoms with E-state index in [1.165, 1.54) is 12.1 Å². The molecule has 0 saturated heterocycles. The molecule has 0 saturated carbocycles. The number of alkyl halides is 3. The van der Waals surface area contributed by atoms with Gasteiger partial charge in [-0.3, -0.25) is 4.79 Å². The molecule has 3 aromatic carbocycles. The van der Waals surface area contributed by atoms with Gasteiger partial charge in [0.2, 0.25) is 0 Å². The van der Waals surface area contributed by atoms with Gasteiger partial charge in [0, 0.05) is 16.5 Å². The van der Waals surface area contributed by atoms with E-state index in [1.54, 1.807) is 36.4 Å². The highest BCUT2D eigenvalue weighted by atomic mass is 19.4. The number of hydrogen-bond acceptors (Lipinski definition) is 4. The average Bonchev–Trinajstić information content (AvgIpc) is 2.78. The van der Waals surface area contributed by atoms with Crippen LogP contribution in [0.3, 0.4) is 0 Å². The Balaban J connectivity index is 0.000000305. The van der Waals surface area contributed by atoms with Gasteiger partial charge in [-0.15, -0.1) is 13.2 Å². The molecule has 1 heterocycles. The first-order chi connectivity index (χ1) is 15.3. The van der Waals surface area contributed by atoms with Crippen LogP contribution in [0.4, 0.5) is 13.2 Å². The number of halogens is 3. The minimum absolute atomic E-state index is 0.0731. The standard InChI is InChI=1S/C17H10F3NO3.C7H6O/c18-17(19,20)24-11-6-7-14-12(8-11)13(16(22)23)9-15(21-14)10-4-2-1-3-5-10;8-6-7-4-2-1-3-5-7/h1-9H,(H,22,23);1-6H. The second-order valence-corrected chi connectivity index (χ2v) is 6.48. The Kier molecular flexibility index (Phi) is 6.84. The van der Waals surface area contributed by atoms with Gasteiger partial charge in [0.05, 0.1) is 16.8 Å². The second kappa shape index (κ2) is 9.74. The van der Waals surface area contributed by atoms with E-state index < -0.39 is 18.1 Å². The molecule has 0 aliphatic rings. The van der Waals surface area contributed by atoms with Crippen molar-refractivity contribution in [3.8, 4) is 17.0 Å². The van der Waals surface area contributed by atoms with E-state index in [1.807, 2.05) is 24.3 Å². The lowest BCUT2D eigenvalue weighted by Gasteiger charge is -2.11. The normalized spacial score (nSPS) is 10.7. The summed E-state index contributed by atoms with van der Waals surface area (Å²) in [5.41, 5.74) is 1.98. The van der Waals surface area contributed by atoms with Gasteiger partial charge in [0.25, 0.3) is 0 Å². The Morgan fingerprint density at radius 3 is 2.06 bits per heavy atom. The number of carboxylic acids is 1. The first-order valence-electron chi connectivity index (χ1n) is 9.26. The van der Waals surface area contributed by atoms with E-state index in [0.717, 1.165) is 24.0 Å². The average molecular weight is 439 g/mol. The van der Waals surface area contributed by atoms with E-state index >= 15 is 0 Å². The SMILES string of the molecule is O=C(O)c1cc(-c2ccccc2)nc2ccc(OC(F)(F)F)cc12.O=Cc1ccccc1. The first kappa shape index (κ1) is 22.5. The van der Waals surface area contributed by atoms with Crippen LogP contribution in [-0.4, -0.2) is 28.7 Å². The molecule has 0 bridgehead atoms. The van der Waals surface area contributed by atoms with Crippen molar-refractivity contribution >= 4 is 23.2 Å². The number of aldehydes is 1. The molecule has 1 aromatic heterocycles. The molecule has 4 aromatic rings. The molecule has 32 heavy (non-hydrogen) atoms. The number of rotatable bonds is 4. The number of aromatic carboxylic acids is 1. The molecule has 0 fully saturated rings. The summed E-state index contributed by atoms with van der Waals surface area (Å²) < 4.78 is 40.8. The number of carbonyl (C=O) groups excluding carboxylic acids is 1. The van der Waals surface area contributed by atoms with Gasteiger partial charge in [0.1, 0.15) is 12.0 Å². The van der Waals surface area contributed by atoms with E-state index in [9.17, 15) is 27.9 Å². The fourth-order valence-electron chi connectivity index (χ4n) is 2.87. The Hall–Kier alpha value is -4.20. The zero-order chi connectivity index (χ0) is 23.1. The van der Waals surface area contributed by atoms with E-state index in [2.05, 4.69) is 9.72 Å². The lowest BCUT2D eigenvalue weighted by atomic mass is 10.0. The third-order valence-corrected chi connectivity index (χ3v) is 4.25. The highest BCUT2D eigenvalue weighted by molar-refractivity contribution is 6.04. The number of nitrogens with zero attached hydrogens (tertiary/aromatic N) is 1. The Morgan fingerprint density at radius 2 is 1.53 bits per heavy atom. The zero-order valence-corrected chi connectivity index (χ0v) is 16.4. The maximum atomic E-state index is 12.3. The van der Waals surface area contributed by atoms with Crippen molar-refractivity contribution in [3.05, 3.63) is 96.1 Å². The van der Waals surface area contributed by atoms with Crippen LogP contribution in [-0.2, 0) is 0 Å². The molecule has 4 rings (SSSR count). The molecular weight excluding hydrogens is 423 g/mol. The number of benzene rings is 3. The van der Waals surface area contributed by atoms with Crippen molar-refractivity contribution < 1.29 is 32.6 Å². The monoisotopic (exact) mass is 439 g/mol. The number of aromatic nitrogens is 1. The number of hydrogen-bond donors (Lipinski definition) is 1. The smallest absolute Gasteiger partial charge is 0.478 e. The molecule has 0 atom stereocenters. The summed E-state index contributed by atoms with van der Waals surface area (Å²) in [6.07, 6.45) is -4.02. The van der Waals surface area contributed by atoms with Gasteiger partial charge >= 0.3 is 12.3 Å². The van der Waals surface area contributed by atoms with Gasteiger partial charge in [-0.25, -0.2) is 9.78 Å². The van der Waals surface area contributed by atoms with Gasteiger partial charge in [-0.05, 0) is 24.3 Å². The fraction of sp³-hybridized carbons (Fsp3) is 0.0417. The fourth-order valence-corrected chi connectivity index (χ4v) is 2.87. The molecular formula is C24H16F3NO4. The third-order valence-electron chi connectivity index (χ3n) is 4.25. The van der Waals surface area contributed by atoms with Gasteiger partial charge < -0.3 is 9.84 Å². The predicted octanol–water partition coefficient (Wildman–Crippen LogP) is 6.00. The maximum absolute atomic E-state index is 12.3. The Labute approximate surface area is 180 Å². The molecule has 5 nitrogen and oxygen atoms in total. The van der Waals surface area contributed by atoms with Crippen LogP contribution in [0.25, 0.3) is 22.2 Å². The second-order valence-electron chi connectivity index (χ2n) is 6.48. The van der Waals surface area contributed by atoms with E-state index in [4.69, 9.17) is 0 Å². The molecule has 0 radical (unpaired) electrons. The van der Waals surface area contributed by atoms with Crippen molar-refractivity contribution in [3.63, 3.8) is 0 Å². The Bertz CT molecular complexity index is 1230. The number of ether oxygens (including phenoxy) is 1. The zero-order valence-electron chi connectivity index (χ0n) is 16.4. The van der Waals surface area contributed by atoms with Crippen LogP contribution in [0.5, 0.6) is 5.75 Å². The van der Waals surface area contributed by atoms with Crippen LogP contribution in [0.2, 0.25) is 0 Å². The molecule has 0 unspecified atom stereocenters. The summed E-state index contributed by atoms with van der Waals surface area (Å²) in [6, 6.07) is 22.7. The molecule has 1 N–H and O–H groups in total. The van der Waals surface area contributed by atoms with Crippen LogP contribution < -0.4 is 4.74 Å². The number of pyridine rings is 1. The summed E-state index contributed by atoms with van der Waals surface area (Å²) >= 11 is 0. The summed E-state index contributed by atoms with van der Waals surface area (Å²) in [6.45, 7) is 0. The van der Waals surface area contributed by atoms with Crippen molar-refractivity contribution in [2.75, 3.05) is 0 Å². The maximum Gasteiger partial charge on any atom is 0.573 e. The van der Waals surface area contributed by atoms with Gasteiger partial charge in [-0.2, -0.15) is 0 Å². The number of carboxylic acid groups (broad SMARTS) is 1. The molecule has 0 aliphatic heterocycles. The topological polar surface area (TPSA) is 76.5 Å². The first-order valence-corrected chi connectivity index (χ1v) is 9.26. The van der Waals surface area contributed by atoms with Crippen LogP contribution in [0.1, 0.15) is 20.7 Å². The molecule has 8 heteroatoms. The third kappa shape index (κ3) is 5.91. The van der Waals surface area contributed by atoms with Crippen molar-refractivity contribution in [1.29, 1.82) is 0 Å². The lowest BCUT2D eigenvalue weighted by molar-refractivity contribution is -0.274. The lowest BCUT2D eigenvalue weighted by Crippen LogP contribution is -2.17. The van der Waals surface area contributed by atoms with Gasteiger partial charge in [-0.1, -0.05) is 60.7 Å². The van der Waals surface area contributed by atoms with Crippen molar-refractivity contribution in [1.82, 2.24) is 4.98 Å². The minimum atomic E-state index is -4.85. The van der Waals surface area contributed by atoms with Crippen LogP contribution in [0.15, 0.2) is 84.9 Å². The summed E-state index contributed by atoms with van der Waals surface area (Å²) in [7, 11) is 0. The summed E-state index contributed by atoms with van der Waals surface area (Å²) in [4.78, 5) is 25.8. The van der Waals surface area contributed by atoms with Crippen molar-refractivity contribution in [2.24, 2.45) is 0 Å². The van der Waals surface area contributed by atoms with Crippen molar-refractivity contribution in [2.45, 2.75) is 6.36 Å².